The Balaban J connectivity index is 1.98. The number of hydrogen-bond donors (Lipinski definition) is 0. The van der Waals surface area contributed by atoms with Crippen LogP contribution < -0.4 is 9.47 Å². The fraction of sp³-hybridized carbons (Fsp3) is 0.588. The summed E-state index contributed by atoms with van der Waals surface area (Å²) in [5, 5.41) is 0. The highest BCUT2D eigenvalue weighted by molar-refractivity contribution is 5.70. The second-order valence-corrected chi connectivity index (χ2v) is 5.53. The maximum atomic E-state index is 11.6. The number of benzene rings is 1. The summed E-state index contributed by atoms with van der Waals surface area (Å²) >= 11 is 0. The Kier molecular flexibility index (Phi) is 6.07. The largest absolute Gasteiger partial charge is 0.493 e. The van der Waals surface area contributed by atoms with Gasteiger partial charge < -0.3 is 18.9 Å². The molecular weight excluding hydrogens is 284 g/mol. The molecule has 1 aliphatic rings. The van der Waals surface area contributed by atoms with E-state index in [1.54, 1.807) is 7.11 Å². The number of methoxy groups -OCH3 is 1. The number of esters is 1. The lowest BCUT2D eigenvalue weighted by Crippen LogP contribution is -2.32. The molecule has 0 aliphatic carbocycles. The van der Waals surface area contributed by atoms with Gasteiger partial charge in [0.05, 0.1) is 40.0 Å². The van der Waals surface area contributed by atoms with Crippen LogP contribution in [0.4, 0.5) is 0 Å². The lowest BCUT2D eigenvalue weighted by Gasteiger charge is -2.26. The van der Waals surface area contributed by atoms with Gasteiger partial charge in [0.2, 0.25) is 0 Å². The number of carbonyl (C=O) groups excluding carboxylic acids is 1. The Bertz CT molecular complexity index is 496. The molecule has 2 rings (SSSR count). The van der Waals surface area contributed by atoms with E-state index in [4.69, 9.17) is 18.9 Å². The van der Waals surface area contributed by atoms with E-state index in [0.29, 0.717) is 31.3 Å². The molecule has 0 aromatic heterocycles. The molecule has 1 atom stereocenters. The van der Waals surface area contributed by atoms with Crippen molar-refractivity contribution >= 4 is 5.97 Å². The van der Waals surface area contributed by atoms with Gasteiger partial charge in [0, 0.05) is 5.92 Å². The number of rotatable bonds is 8. The highest BCUT2D eigenvalue weighted by atomic mass is 16.5. The lowest BCUT2D eigenvalue weighted by atomic mass is 9.97. The zero-order valence-electron chi connectivity index (χ0n) is 13.5. The lowest BCUT2D eigenvalue weighted by molar-refractivity contribution is -0.143. The monoisotopic (exact) mass is 308 g/mol. The van der Waals surface area contributed by atoms with Crippen molar-refractivity contribution in [3.63, 3.8) is 0 Å². The minimum Gasteiger partial charge on any atom is -0.493 e. The first-order valence-corrected chi connectivity index (χ1v) is 7.68. The Morgan fingerprint density at radius 2 is 2.14 bits per heavy atom. The van der Waals surface area contributed by atoms with Gasteiger partial charge in [0.25, 0.3) is 0 Å². The zero-order valence-corrected chi connectivity index (χ0v) is 13.5. The van der Waals surface area contributed by atoms with Crippen LogP contribution in [-0.4, -0.2) is 39.5 Å². The summed E-state index contributed by atoms with van der Waals surface area (Å²) in [5.41, 5.74) is 1.03. The van der Waals surface area contributed by atoms with Crippen molar-refractivity contribution in [2.75, 3.05) is 33.5 Å². The van der Waals surface area contributed by atoms with Gasteiger partial charge in [-0.3, -0.25) is 4.79 Å². The molecule has 1 heterocycles. The first-order valence-electron chi connectivity index (χ1n) is 7.68. The minimum absolute atomic E-state index is 0.0713. The van der Waals surface area contributed by atoms with Gasteiger partial charge >= 0.3 is 5.97 Å². The van der Waals surface area contributed by atoms with Gasteiger partial charge in [-0.1, -0.05) is 13.0 Å². The summed E-state index contributed by atoms with van der Waals surface area (Å²) in [6, 6.07) is 5.80. The molecule has 5 nitrogen and oxygen atoms in total. The summed E-state index contributed by atoms with van der Waals surface area (Å²) in [7, 11) is 1.62. The van der Waals surface area contributed by atoms with Gasteiger partial charge in [-0.05, 0) is 30.5 Å². The molecule has 22 heavy (non-hydrogen) atoms. The summed E-state index contributed by atoms with van der Waals surface area (Å²) in [6.45, 7) is 6.37. The van der Waals surface area contributed by atoms with Crippen LogP contribution in [0.5, 0.6) is 11.5 Å². The molecule has 5 heteroatoms. The van der Waals surface area contributed by atoms with Crippen molar-refractivity contribution in [3.05, 3.63) is 23.8 Å². The average molecular weight is 308 g/mol. The molecule has 0 spiro atoms. The van der Waals surface area contributed by atoms with Crippen LogP contribution in [0.3, 0.4) is 0 Å². The smallest absolute Gasteiger partial charge is 0.306 e. The Morgan fingerprint density at radius 1 is 1.36 bits per heavy atom. The van der Waals surface area contributed by atoms with E-state index in [0.717, 1.165) is 24.5 Å². The van der Waals surface area contributed by atoms with Crippen LogP contribution in [0.2, 0.25) is 0 Å². The second kappa shape index (κ2) is 8.03. The molecule has 1 unspecified atom stereocenters. The molecule has 0 amide bonds. The zero-order chi connectivity index (χ0) is 15.9. The van der Waals surface area contributed by atoms with E-state index in [1.165, 1.54) is 0 Å². The maximum absolute atomic E-state index is 11.6. The fourth-order valence-electron chi connectivity index (χ4n) is 2.29. The van der Waals surface area contributed by atoms with E-state index in [-0.39, 0.29) is 11.9 Å². The van der Waals surface area contributed by atoms with E-state index in [9.17, 15) is 4.79 Å². The number of ether oxygens (including phenoxy) is 4. The molecule has 1 aromatic carbocycles. The van der Waals surface area contributed by atoms with Crippen molar-refractivity contribution in [1.82, 2.24) is 0 Å². The van der Waals surface area contributed by atoms with Crippen molar-refractivity contribution in [2.24, 2.45) is 5.92 Å². The van der Waals surface area contributed by atoms with Crippen molar-refractivity contribution in [3.8, 4) is 11.5 Å². The fourth-order valence-corrected chi connectivity index (χ4v) is 2.29. The van der Waals surface area contributed by atoms with E-state index in [2.05, 4.69) is 0 Å². The SMILES string of the molecule is CCOC(=O)CC(C)c1ccc(OCC2COC2)c(OC)c1. The first-order chi connectivity index (χ1) is 10.6. The Morgan fingerprint density at radius 3 is 2.73 bits per heavy atom. The molecule has 0 radical (unpaired) electrons. The highest BCUT2D eigenvalue weighted by Crippen LogP contribution is 2.32. The Hall–Kier alpha value is -1.75. The van der Waals surface area contributed by atoms with Crippen LogP contribution in [0, 0.1) is 5.92 Å². The van der Waals surface area contributed by atoms with Crippen LogP contribution in [0.25, 0.3) is 0 Å². The summed E-state index contributed by atoms with van der Waals surface area (Å²) in [6.07, 6.45) is 0.358. The van der Waals surface area contributed by atoms with Crippen LogP contribution in [0.1, 0.15) is 31.7 Å². The topological polar surface area (TPSA) is 54.0 Å². The van der Waals surface area contributed by atoms with Crippen LogP contribution >= 0.6 is 0 Å². The molecule has 0 N–H and O–H groups in total. The van der Waals surface area contributed by atoms with Crippen LogP contribution in [-0.2, 0) is 14.3 Å². The second-order valence-electron chi connectivity index (χ2n) is 5.53. The highest BCUT2D eigenvalue weighted by Gasteiger charge is 2.20. The molecule has 122 valence electrons. The molecular formula is C17H24O5. The molecule has 0 saturated carbocycles. The third-order valence-corrected chi connectivity index (χ3v) is 3.72. The Labute approximate surface area is 131 Å². The third-order valence-electron chi connectivity index (χ3n) is 3.72. The van der Waals surface area contributed by atoms with Crippen molar-refractivity contribution in [2.45, 2.75) is 26.2 Å². The average Bonchev–Trinajstić information content (AvgIpc) is 2.45. The summed E-state index contributed by atoms with van der Waals surface area (Å²) < 4.78 is 21.3. The van der Waals surface area contributed by atoms with Crippen molar-refractivity contribution in [1.29, 1.82) is 0 Å². The van der Waals surface area contributed by atoms with Gasteiger partial charge in [-0.15, -0.1) is 0 Å². The van der Waals surface area contributed by atoms with Crippen LogP contribution in [0.15, 0.2) is 18.2 Å². The molecule has 1 fully saturated rings. The van der Waals surface area contributed by atoms with Gasteiger partial charge in [0.1, 0.15) is 0 Å². The molecule has 1 saturated heterocycles. The van der Waals surface area contributed by atoms with Gasteiger partial charge in [-0.25, -0.2) is 0 Å². The third kappa shape index (κ3) is 4.37. The van der Waals surface area contributed by atoms with E-state index < -0.39 is 0 Å². The summed E-state index contributed by atoms with van der Waals surface area (Å²) in [4.78, 5) is 11.6. The molecule has 0 bridgehead atoms. The van der Waals surface area contributed by atoms with E-state index in [1.807, 2.05) is 32.0 Å². The normalized spacial score (nSPS) is 15.8. The number of hydrogen-bond acceptors (Lipinski definition) is 5. The first kappa shape index (κ1) is 16.6. The minimum atomic E-state index is -0.181. The van der Waals surface area contributed by atoms with Gasteiger partial charge in [0.15, 0.2) is 11.5 Å². The predicted molar refractivity (Wildman–Crippen MR) is 82.5 cm³/mol. The number of carbonyl (C=O) groups is 1. The standard InChI is InChI=1S/C17H24O5/c1-4-21-17(18)7-12(2)14-5-6-15(16(8-14)19-3)22-11-13-9-20-10-13/h5-6,8,12-13H,4,7,9-11H2,1-3H3. The predicted octanol–water partition coefficient (Wildman–Crippen LogP) is 2.78. The molecule has 1 aliphatic heterocycles. The summed E-state index contributed by atoms with van der Waals surface area (Å²) in [5.74, 6) is 1.77. The van der Waals surface area contributed by atoms with E-state index >= 15 is 0 Å². The van der Waals surface area contributed by atoms with Gasteiger partial charge in [-0.2, -0.15) is 0 Å². The maximum Gasteiger partial charge on any atom is 0.306 e. The van der Waals surface area contributed by atoms with Crippen molar-refractivity contribution < 1.29 is 23.7 Å². The quantitative estimate of drug-likeness (QED) is 0.691. The molecule has 1 aromatic rings.